The summed E-state index contributed by atoms with van der Waals surface area (Å²) in [5.41, 5.74) is 7.70. The predicted molar refractivity (Wildman–Crippen MR) is 67.8 cm³/mol. The zero-order valence-electron chi connectivity index (χ0n) is 9.02. The molecule has 3 heteroatoms. The van der Waals surface area contributed by atoms with Crippen LogP contribution < -0.4 is 5.73 Å². The Bertz CT molecular complexity index is 324. The van der Waals surface area contributed by atoms with Gasteiger partial charge in [0.2, 0.25) is 0 Å². The maximum Gasteiger partial charge on any atom is 0.0484 e. The average molecular weight is 246 g/mol. The van der Waals surface area contributed by atoms with Crippen molar-refractivity contribution in [2.24, 2.45) is 5.73 Å². The van der Waals surface area contributed by atoms with E-state index in [2.05, 4.69) is 6.92 Å². The number of halogens is 2. The first kappa shape index (κ1) is 12.8. The van der Waals surface area contributed by atoms with E-state index in [1.54, 1.807) is 0 Å². The largest absolute Gasteiger partial charge is 0.330 e. The SMILES string of the molecule is CCc1c(Cl)ccc(CCCCN)c1Cl. The quantitative estimate of drug-likeness (QED) is 0.785. The van der Waals surface area contributed by atoms with E-state index in [1.807, 2.05) is 12.1 Å². The number of rotatable bonds is 5. The first-order valence-corrected chi connectivity index (χ1v) is 6.12. The minimum Gasteiger partial charge on any atom is -0.330 e. The number of nitrogens with two attached hydrogens (primary N) is 1. The Balaban J connectivity index is 2.80. The van der Waals surface area contributed by atoms with Gasteiger partial charge in [0.25, 0.3) is 0 Å². The Labute approximate surface area is 102 Å². The monoisotopic (exact) mass is 245 g/mol. The van der Waals surface area contributed by atoms with Crippen molar-refractivity contribution >= 4 is 23.2 Å². The van der Waals surface area contributed by atoms with Crippen molar-refractivity contribution in [3.63, 3.8) is 0 Å². The maximum absolute atomic E-state index is 6.28. The standard InChI is InChI=1S/C12H17Cl2N/c1-2-10-11(13)7-6-9(12(10)14)5-3-4-8-15/h6-7H,2-5,8,15H2,1H3. The Hall–Kier alpha value is -0.240. The fourth-order valence-corrected chi connectivity index (χ4v) is 2.36. The summed E-state index contributed by atoms with van der Waals surface area (Å²) in [4.78, 5) is 0. The lowest BCUT2D eigenvalue weighted by molar-refractivity contribution is 0.744. The van der Waals surface area contributed by atoms with Crippen molar-refractivity contribution in [2.75, 3.05) is 6.54 Å². The highest BCUT2D eigenvalue weighted by atomic mass is 35.5. The molecule has 1 aromatic carbocycles. The van der Waals surface area contributed by atoms with Crippen LogP contribution in [-0.4, -0.2) is 6.54 Å². The van der Waals surface area contributed by atoms with Crippen LogP contribution in [0, 0.1) is 0 Å². The summed E-state index contributed by atoms with van der Waals surface area (Å²) in [6.45, 7) is 2.81. The third-order valence-electron chi connectivity index (χ3n) is 2.52. The molecule has 0 saturated carbocycles. The lowest BCUT2D eigenvalue weighted by Crippen LogP contribution is -2.00. The normalized spacial score (nSPS) is 10.7. The molecule has 0 saturated heterocycles. The molecule has 0 atom stereocenters. The molecule has 84 valence electrons. The first-order valence-electron chi connectivity index (χ1n) is 5.36. The van der Waals surface area contributed by atoms with Gasteiger partial charge in [0.1, 0.15) is 0 Å². The van der Waals surface area contributed by atoms with Gasteiger partial charge in [-0.15, -0.1) is 0 Å². The van der Waals surface area contributed by atoms with Crippen molar-refractivity contribution in [3.05, 3.63) is 33.3 Å². The summed E-state index contributed by atoms with van der Waals surface area (Å²) in [6.07, 6.45) is 3.99. The molecule has 0 amide bonds. The topological polar surface area (TPSA) is 26.0 Å². The van der Waals surface area contributed by atoms with Gasteiger partial charge in [-0.3, -0.25) is 0 Å². The third kappa shape index (κ3) is 3.37. The van der Waals surface area contributed by atoms with Crippen LogP contribution in [0.3, 0.4) is 0 Å². The molecule has 15 heavy (non-hydrogen) atoms. The van der Waals surface area contributed by atoms with E-state index in [-0.39, 0.29) is 0 Å². The van der Waals surface area contributed by atoms with E-state index in [1.165, 1.54) is 5.56 Å². The second-order valence-corrected chi connectivity index (χ2v) is 4.38. The van der Waals surface area contributed by atoms with Gasteiger partial charge in [-0.2, -0.15) is 0 Å². The van der Waals surface area contributed by atoms with E-state index in [0.29, 0.717) is 0 Å². The van der Waals surface area contributed by atoms with Crippen LogP contribution >= 0.6 is 23.2 Å². The number of hydrogen-bond acceptors (Lipinski definition) is 1. The second kappa shape index (κ2) is 6.37. The summed E-state index contributed by atoms with van der Waals surface area (Å²) in [5.74, 6) is 0. The lowest BCUT2D eigenvalue weighted by atomic mass is 10.0. The van der Waals surface area contributed by atoms with Gasteiger partial charge < -0.3 is 5.73 Å². The van der Waals surface area contributed by atoms with Gasteiger partial charge in [-0.1, -0.05) is 36.2 Å². The van der Waals surface area contributed by atoms with Crippen molar-refractivity contribution in [3.8, 4) is 0 Å². The number of benzene rings is 1. The molecule has 1 nitrogen and oxygen atoms in total. The fourth-order valence-electron chi connectivity index (χ4n) is 1.62. The first-order chi connectivity index (χ1) is 7.20. The van der Waals surface area contributed by atoms with E-state index in [9.17, 15) is 0 Å². The zero-order chi connectivity index (χ0) is 11.3. The summed E-state index contributed by atoms with van der Waals surface area (Å²) in [7, 11) is 0. The van der Waals surface area contributed by atoms with Gasteiger partial charge in [0.05, 0.1) is 0 Å². The Morgan fingerprint density at radius 3 is 2.53 bits per heavy atom. The number of hydrogen-bond donors (Lipinski definition) is 1. The van der Waals surface area contributed by atoms with E-state index < -0.39 is 0 Å². The van der Waals surface area contributed by atoms with Crippen molar-refractivity contribution in [2.45, 2.75) is 32.6 Å². The van der Waals surface area contributed by atoms with Gasteiger partial charge in [0, 0.05) is 10.0 Å². The lowest BCUT2D eigenvalue weighted by Gasteiger charge is -2.09. The van der Waals surface area contributed by atoms with Gasteiger partial charge in [-0.25, -0.2) is 0 Å². The Morgan fingerprint density at radius 1 is 1.20 bits per heavy atom. The zero-order valence-corrected chi connectivity index (χ0v) is 10.5. The average Bonchev–Trinajstić information content (AvgIpc) is 2.22. The molecule has 1 aromatic rings. The van der Waals surface area contributed by atoms with E-state index in [4.69, 9.17) is 28.9 Å². The molecule has 0 aliphatic heterocycles. The molecule has 0 spiro atoms. The minimum atomic E-state index is 0.742. The van der Waals surface area contributed by atoms with Crippen molar-refractivity contribution in [1.82, 2.24) is 0 Å². The van der Waals surface area contributed by atoms with Crippen LogP contribution in [0.25, 0.3) is 0 Å². The molecule has 2 N–H and O–H groups in total. The number of unbranched alkanes of at least 4 members (excludes halogenated alkanes) is 1. The highest BCUT2D eigenvalue weighted by Gasteiger charge is 2.08. The van der Waals surface area contributed by atoms with Gasteiger partial charge >= 0.3 is 0 Å². The summed E-state index contributed by atoms with van der Waals surface area (Å²) in [6, 6.07) is 3.95. The summed E-state index contributed by atoms with van der Waals surface area (Å²) < 4.78 is 0. The van der Waals surface area contributed by atoms with Crippen LogP contribution in [0.15, 0.2) is 12.1 Å². The molecular weight excluding hydrogens is 229 g/mol. The maximum atomic E-state index is 6.28. The molecule has 0 aliphatic carbocycles. The van der Waals surface area contributed by atoms with Crippen LogP contribution in [0.5, 0.6) is 0 Å². The molecule has 0 bridgehead atoms. The Morgan fingerprint density at radius 2 is 1.93 bits per heavy atom. The smallest absolute Gasteiger partial charge is 0.0484 e. The summed E-state index contributed by atoms with van der Waals surface area (Å²) in [5, 5.41) is 1.60. The molecule has 0 radical (unpaired) electrons. The summed E-state index contributed by atoms with van der Waals surface area (Å²) >= 11 is 12.3. The van der Waals surface area contributed by atoms with Gasteiger partial charge in [-0.05, 0) is 49.4 Å². The molecule has 1 rings (SSSR count). The van der Waals surface area contributed by atoms with E-state index in [0.717, 1.165) is 47.8 Å². The predicted octanol–water partition coefficient (Wildman–Crippen LogP) is 3.84. The van der Waals surface area contributed by atoms with Crippen LogP contribution in [0.4, 0.5) is 0 Å². The fraction of sp³-hybridized carbons (Fsp3) is 0.500. The molecule has 0 aromatic heterocycles. The molecule has 0 fully saturated rings. The van der Waals surface area contributed by atoms with Gasteiger partial charge in [0.15, 0.2) is 0 Å². The van der Waals surface area contributed by atoms with E-state index >= 15 is 0 Å². The number of aryl methyl sites for hydroxylation is 1. The molecule has 0 unspecified atom stereocenters. The third-order valence-corrected chi connectivity index (χ3v) is 3.34. The highest BCUT2D eigenvalue weighted by molar-refractivity contribution is 6.36. The molecular formula is C12H17Cl2N. The van der Waals surface area contributed by atoms with Crippen molar-refractivity contribution < 1.29 is 0 Å². The second-order valence-electron chi connectivity index (χ2n) is 3.60. The molecule has 0 heterocycles. The van der Waals surface area contributed by atoms with Crippen LogP contribution in [-0.2, 0) is 12.8 Å². The molecule has 0 aliphatic rings. The van der Waals surface area contributed by atoms with Crippen molar-refractivity contribution in [1.29, 1.82) is 0 Å². The highest BCUT2D eigenvalue weighted by Crippen LogP contribution is 2.29. The van der Waals surface area contributed by atoms with Crippen LogP contribution in [0.2, 0.25) is 10.0 Å². The minimum absolute atomic E-state index is 0.742. The Kier molecular flexibility index (Phi) is 5.44. The van der Waals surface area contributed by atoms with Crippen LogP contribution in [0.1, 0.15) is 30.9 Å².